The third-order valence-electron chi connectivity index (χ3n) is 7.38. The van der Waals surface area contributed by atoms with E-state index in [0.29, 0.717) is 12.8 Å². The molecule has 0 aliphatic heterocycles. The number of allylic oxidation sites excluding steroid dienone is 16. The smallest absolute Gasteiger partial charge is 0.306 e. The van der Waals surface area contributed by atoms with Gasteiger partial charge in [0.05, 0.1) is 6.61 Å². The van der Waals surface area contributed by atoms with Gasteiger partial charge in [-0.1, -0.05) is 143 Å². The van der Waals surface area contributed by atoms with Gasteiger partial charge in [-0.05, 0) is 83.5 Å². The molecule has 0 radical (unpaired) electrons. The molecule has 0 saturated carbocycles. The van der Waals surface area contributed by atoms with Gasteiger partial charge in [-0.3, -0.25) is 9.59 Å². The fourth-order valence-electron chi connectivity index (χ4n) is 4.55. The van der Waals surface area contributed by atoms with Gasteiger partial charge >= 0.3 is 11.9 Å². The lowest BCUT2D eigenvalue weighted by molar-refractivity contribution is -0.161. The molecule has 0 amide bonds. The van der Waals surface area contributed by atoms with Gasteiger partial charge in [-0.2, -0.15) is 0 Å². The second kappa shape index (κ2) is 38.3. The third kappa shape index (κ3) is 35.7. The number of unbranched alkanes of at least 4 members (excludes halogenated alkanes) is 8. The summed E-state index contributed by atoms with van der Waals surface area (Å²) in [5.74, 6) is -0.716. The zero-order valence-corrected chi connectivity index (χ0v) is 30.5. The number of aliphatic hydroxyl groups is 1. The first kappa shape index (κ1) is 44.8. The first-order valence-corrected chi connectivity index (χ1v) is 18.8. The zero-order chi connectivity index (χ0) is 35.0. The van der Waals surface area contributed by atoms with Gasteiger partial charge in [0.2, 0.25) is 0 Å². The van der Waals surface area contributed by atoms with Crippen LogP contribution in [0.1, 0.15) is 142 Å². The molecule has 0 saturated heterocycles. The molecule has 48 heavy (non-hydrogen) atoms. The standard InChI is InChI=1S/C43H68O5/c1-3-5-7-9-11-13-15-17-19-20-21-22-24-25-27-29-31-33-35-37-42(45)47-40-41(39-44)48-43(46)38-36-34-32-30-28-26-23-18-16-14-12-10-8-6-4-2/h5,7,11-14,17-19,21-23,25,27,31,33,41,44H,3-4,6,8-10,15-16,20,24,26,28-30,32,34-40H2,1-2H3/t41-/m0/s1. The average Bonchev–Trinajstić information content (AvgIpc) is 3.09. The third-order valence-corrected chi connectivity index (χ3v) is 7.38. The summed E-state index contributed by atoms with van der Waals surface area (Å²) in [4.78, 5) is 24.2. The highest BCUT2D eigenvalue weighted by atomic mass is 16.6. The Morgan fingerprint density at radius 1 is 0.500 bits per heavy atom. The summed E-state index contributed by atoms with van der Waals surface area (Å²) < 4.78 is 10.5. The topological polar surface area (TPSA) is 72.8 Å². The van der Waals surface area contributed by atoms with E-state index in [9.17, 15) is 14.7 Å². The van der Waals surface area contributed by atoms with Crippen LogP contribution in [-0.2, 0) is 19.1 Å². The van der Waals surface area contributed by atoms with Crippen LogP contribution in [0.15, 0.2) is 97.2 Å². The van der Waals surface area contributed by atoms with Crippen LogP contribution in [0.25, 0.3) is 0 Å². The fraction of sp³-hybridized carbons (Fsp3) is 0.581. The Balaban J connectivity index is 3.77. The number of carbonyl (C=O) groups is 2. The number of hydrogen-bond acceptors (Lipinski definition) is 5. The summed E-state index contributed by atoms with van der Waals surface area (Å²) in [7, 11) is 0. The van der Waals surface area contributed by atoms with Crippen molar-refractivity contribution in [3.8, 4) is 0 Å². The number of hydrogen-bond donors (Lipinski definition) is 1. The highest BCUT2D eigenvalue weighted by Gasteiger charge is 2.15. The molecular weight excluding hydrogens is 596 g/mol. The molecule has 0 aromatic carbocycles. The molecule has 0 spiro atoms. The van der Waals surface area contributed by atoms with Gasteiger partial charge < -0.3 is 14.6 Å². The first-order chi connectivity index (χ1) is 23.6. The number of aliphatic hydroxyl groups excluding tert-OH is 1. The Labute approximate surface area is 294 Å². The maximum atomic E-state index is 12.1. The van der Waals surface area contributed by atoms with Gasteiger partial charge in [0, 0.05) is 12.8 Å². The first-order valence-electron chi connectivity index (χ1n) is 18.8. The summed E-state index contributed by atoms with van der Waals surface area (Å²) in [5.41, 5.74) is 0. The molecule has 0 rings (SSSR count). The van der Waals surface area contributed by atoms with Crippen molar-refractivity contribution in [3.05, 3.63) is 97.2 Å². The van der Waals surface area contributed by atoms with E-state index >= 15 is 0 Å². The summed E-state index contributed by atoms with van der Waals surface area (Å²) in [6.45, 7) is 3.89. The van der Waals surface area contributed by atoms with Crippen molar-refractivity contribution < 1.29 is 24.2 Å². The second-order valence-electron chi connectivity index (χ2n) is 11.9. The molecule has 0 aliphatic rings. The van der Waals surface area contributed by atoms with Gasteiger partial charge in [-0.15, -0.1) is 0 Å². The van der Waals surface area contributed by atoms with Gasteiger partial charge in [-0.25, -0.2) is 0 Å². The minimum atomic E-state index is -0.815. The van der Waals surface area contributed by atoms with E-state index in [2.05, 4.69) is 98.9 Å². The number of esters is 2. The van der Waals surface area contributed by atoms with Crippen LogP contribution in [0, 0.1) is 0 Å². The normalized spacial score (nSPS) is 13.3. The second-order valence-corrected chi connectivity index (χ2v) is 11.9. The van der Waals surface area contributed by atoms with Crippen molar-refractivity contribution in [2.45, 2.75) is 148 Å². The zero-order valence-electron chi connectivity index (χ0n) is 30.5. The van der Waals surface area contributed by atoms with Crippen molar-refractivity contribution >= 4 is 11.9 Å². The highest BCUT2D eigenvalue weighted by molar-refractivity contribution is 5.70. The molecule has 1 N–H and O–H groups in total. The van der Waals surface area contributed by atoms with E-state index in [1.165, 1.54) is 32.1 Å². The highest BCUT2D eigenvalue weighted by Crippen LogP contribution is 2.10. The molecule has 0 aliphatic carbocycles. The minimum Gasteiger partial charge on any atom is -0.462 e. The Morgan fingerprint density at radius 2 is 0.938 bits per heavy atom. The maximum absolute atomic E-state index is 12.1. The van der Waals surface area contributed by atoms with Gasteiger partial charge in [0.15, 0.2) is 6.10 Å². The Hall–Kier alpha value is -3.18. The molecule has 1 atom stereocenters. The summed E-state index contributed by atoms with van der Waals surface area (Å²) in [6.07, 6.45) is 53.3. The molecule has 0 unspecified atom stereocenters. The van der Waals surface area contributed by atoms with E-state index in [1.807, 2.05) is 12.2 Å². The van der Waals surface area contributed by atoms with Crippen molar-refractivity contribution in [1.82, 2.24) is 0 Å². The van der Waals surface area contributed by atoms with Crippen LogP contribution in [0.3, 0.4) is 0 Å². The number of rotatable bonds is 32. The van der Waals surface area contributed by atoms with Crippen LogP contribution >= 0.6 is 0 Å². The predicted molar refractivity (Wildman–Crippen MR) is 205 cm³/mol. The van der Waals surface area contributed by atoms with Gasteiger partial charge in [0.1, 0.15) is 6.61 Å². The van der Waals surface area contributed by atoms with E-state index in [1.54, 1.807) is 0 Å². The lowest BCUT2D eigenvalue weighted by Crippen LogP contribution is -2.28. The minimum absolute atomic E-state index is 0.118. The van der Waals surface area contributed by atoms with Crippen LogP contribution in [0.2, 0.25) is 0 Å². The summed E-state index contributed by atoms with van der Waals surface area (Å²) in [5, 5.41) is 9.53. The van der Waals surface area contributed by atoms with Crippen molar-refractivity contribution in [3.63, 3.8) is 0 Å². The molecule has 0 fully saturated rings. The monoisotopic (exact) mass is 665 g/mol. The van der Waals surface area contributed by atoms with E-state index in [0.717, 1.165) is 77.0 Å². The molecular formula is C43H68O5. The van der Waals surface area contributed by atoms with Crippen LogP contribution in [0.5, 0.6) is 0 Å². The Kier molecular flexibility index (Phi) is 35.7. The molecule has 5 heteroatoms. The van der Waals surface area contributed by atoms with Gasteiger partial charge in [0.25, 0.3) is 0 Å². The maximum Gasteiger partial charge on any atom is 0.306 e. The quantitative estimate of drug-likeness (QED) is 0.0440. The molecule has 5 nitrogen and oxygen atoms in total. The summed E-state index contributed by atoms with van der Waals surface area (Å²) in [6, 6.07) is 0. The molecule has 270 valence electrons. The Morgan fingerprint density at radius 3 is 1.44 bits per heavy atom. The fourth-order valence-corrected chi connectivity index (χ4v) is 4.55. The Bertz CT molecular complexity index is 979. The lowest BCUT2D eigenvalue weighted by atomic mass is 10.1. The molecule has 0 bridgehead atoms. The van der Waals surface area contributed by atoms with Crippen LogP contribution in [-0.4, -0.2) is 36.4 Å². The average molecular weight is 665 g/mol. The SMILES string of the molecule is CCC=CCC=CCC=CCC=CCC=CCC=CCCC(=O)OC[C@H](CO)OC(=O)CCCCCCCC=CCC=CCCCCC. The van der Waals surface area contributed by atoms with Crippen LogP contribution < -0.4 is 0 Å². The van der Waals surface area contributed by atoms with E-state index < -0.39 is 6.10 Å². The number of ether oxygens (including phenoxy) is 2. The number of carbonyl (C=O) groups excluding carboxylic acids is 2. The van der Waals surface area contributed by atoms with Crippen molar-refractivity contribution in [2.75, 3.05) is 13.2 Å². The molecule has 0 heterocycles. The van der Waals surface area contributed by atoms with Crippen molar-refractivity contribution in [2.24, 2.45) is 0 Å². The molecule has 0 aromatic heterocycles. The summed E-state index contributed by atoms with van der Waals surface area (Å²) >= 11 is 0. The van der Waals surface area contributed by atoms with Crippen molar-refractivity contribution in [1.29, 1.82) is 0 Å². The van der Waals surface area contributed by atoms with Crippen LogP contribution in [0.4, 0.5) is 0 Å². The van der Waals surface area contributed by atoms with E-state index in [4.69, 9.17) is 9.47 Å². The predicted octanol–water partition coefficient (Wildman–Crippen LogP) is 11.7. The lowest BCUT2D eigenvalue weighted by Gasteiger charge is -2.15. The largest absolute Gasteiger partial charge is 0.462 e. The molecule has 0 aromatic rings. The van der Waals surface area contributed by atoms with E-state index in [-0.39, 0.29) is 31.6 Å².